The second-order valence-electron chi connectivity index (χ2n) is 3.86. The van der Waals surface area contributed by atoms with Crippen molar-refractivity contribution in [1.29, 1.82) is 0 Å². The quantitative estimate of drug-likeness (QED) is 0.760. The Kier molecular flexibility index (Phi) is 3.87. The van der Waals surface area contributed by atoms with Gasteiger partial charge < -0.3 is 15.2 Å². The standard InChI is InChI=1S/C10H18N4O2/c1-2-14-9(12-7-13-14)5-8(11)6-10-15-3-4-16-10/h7-8,10H,2-6,11H2,1H3. The van der Waals surface area contributed by atoms with E-state index in [2.05, 4.69) is 10.1 Å². The minimum Gasteiger partial charge on any atom is -0.350 e. The minimum atomic E-state index is -0.145. The first-order chi connectivity index (χ1) is 7.79. The normalized spacial score (nSPS) is 19.1. The average molecular weight is 226 g/mol. The second kappa shape index (κ2) is 5.38. The number of aromatic nitrogens is 3. The first-order valence-electron chi connectivity index (χ1n) is 5.65. The Morgan fingerprint density at radius 2 is 2.31 bits per heavy atom. The lowest BCUT2D eigenvalue weighted by Crippen LogP contribution is -2.30. The van der Waals surface area contributed by atoms with Crippen LogP contribution in [-0.4, -0.2) is 40.3 Å². The van der Waals surface area contributed by atoms with E-state index in [1.54, 1.807) is 6.33 Å². The minimum absolute atomic E-state index is 0.00222. The molecule has 0 radical (unpaired) electrons. The third kappa shape index (κ3) is 2.78. The van der Waals surface area contributed by atoms with Gasteiger partial charge in [-0.3, -0.25) is 4.68 Å². The third-order valence-electron chi connectivity index (χ3n) is 2.63. The third-order valence-corrected chi connectivity index (χ3v) is 2.63. The molecule has 2 heterocycles. The van der Waals surface area contributed by atoms with Crippen LogP contribution in [0.4, 0.5) is 0 Å². The summed E-state index contributed by atoms with van der Waals surface area (Å²) in [6, 6.07) is -0.00222. The Hall–Kier alpha value is -0.980. The number of hydrogen-bond acceptors (Lipinski definition) is 5. The van der Waals surface area contributed by atoms with Crippen LogP contribution in [0.1, 0.15) is 19.2 Å². The van der Waals surface area contributed by atoms with Crippen molar-refractivity contribution in [3.8, 4) is 0 Å². The zero-order valence-electron chi connectivity index (χ0n) is 9.50. The fourth-order valence-electron chi connectivity index (χ4n) is 1.82. The van der Waals surface area contributed by atoms with Gasteiger partial charge in [0.1, 0.15) is 12.2 Å². The van der Waals surface area contributed by atoms with E-state index in [-0.39, 0.29) is 12.3 Å². The molecule has 1 aromatic rings. The molecule has 2 rings (SSSR count). The van der Waals surface area contributed by atoms with E-state index in [1.807, 2.05) is 11.6 Å². The summed E-state index contributed by atoms with van der Waals surface area (Å²) in [5.74, 6) is 0.924. The SMILES string of the molecule is CCn1ncnc1CC(N)CC1OCCO1. The Labute approximate surface area is 94.7 Å². The lowest BCUT2D eigenvalue weighted by Gasteiger charge is -2.15. The van der Waals surface area contributed by atoms with E-state index in [4.69, 9.17) is 15.2 Å². The van der Waals surface area contributed by atoms with Crippen LogP contribution in [0.15, 0.2) is 6.33 Å². The summed E-state index contributed by atoms with van der Waals surface area (Å²) in [4.78, 5) is 4.19. The van der Waals surface area contributed by atoms with Gasteiger partial charge in [0.05, 0.1) is 13.2 Å². The van der Waals surface area contributed by atoms with Crippen LogP contribution in [0.25, 0.3) is 0 Å². The van der Waals surface area contributed by atoms with Gasteiger partial charge >= 0.3 is 0 Å². The predicted octanol–water partition coefficient (Wildman–Crippen LogP) is -0.0692. The molecule has 1 atom stereocenters. The molecule has 0 amide bonds. The van der Waals surface area contributed by atoms with Gasteiger partial charge in [0, 0.05) is 25.4 Å². The molecule has 90 valence electrons. The van der Waals surface area contributed by atoms with Gasteiger partial charge in [-0.15, -0.1) is 0 Å². The van der Waals surface area contributed by atoms with Gasteiger partial charge in [-0.25, -0.2) is 4.98 Å². The van der Waals surface area contributed by atoms with E-state index in [0.717, 1.165) is 12.4 Å². The molecule has 6 heteroatoms. The fraction of sp³-hybridized carbons (Fsp3) is 0.800. The van der Waals surface area contributed by atoms with Crippen LogP contribution in [0.5, 0.6) is 0 Å². The van der Waals surface area contributed by atoms with Crippen molar-refractivity contribution < 1.29 is 9.47 Å². The van der Waals surface area contributed by atoms with E-state index >= 15 is 0 Å². The summed E-state index contributed by atoms with van der Waals surface area (Å²) in [6.45, 7) is 4.19. The van der Waals surface area contributed by atoms with E-state index in [9.17, 15) is 0 Å². The number of ether oxygens (including phenoxy) is 2. The Morgan fingerprint density at radius 3 is 3.00 bits per heavy atom. The molecule has 1 fully saturated rings. The van der Waals surface area contributed by atoms with Crippen LogP contribution in [-0.2, 0) is 22.4 Å². The highest BCUT2D eigenvalue weighted by molar-refractivity contribution is 4.89. The molecule has 0 saturated carbocycles. The Morgan fingerprint density at radius 1 is 1.56 bits per heavy atom. The molecule has 1 saturated heterocycles. The zero-order valence-corrected chi connectivity index (χ0v) is 9.50. The first-order valence-corrected chi connectivity index (χ1v) is 5.65. The number of nitrogens with zero attached hydrogens (tertiary/aromatic N) is 3. The summed E-state index contributed by atoms with van der Waals surface area (Å²) in [7, 11) is 0. The molecule has 16 heavy (non-hydrogen) atoms. The molecule has 0 spiro atoms. The second-order valence-corrected chi connectivity index (χ2v) is 3.86. The van der Waals surface area contributed by atoms with E-state index in [1.165, 1.54) is 0 Å². The number of rotatable bonds is 5. The van der Waals surface area contributed by atoms with Gasteiger partial charge in [-0.05, 0) is 6.92 Å². The zero-order chi connectivity index (χ0) is 11.4. The lowest BCUT2D eigenvalue weighted by atomic mass is 10.1. The highest BCUT2D eigenvalue weighted by Gasteiger charge is 2.20. The molecular formula is C10H18N4O2. The lowest BCUT2D eigenvalue weighted by molar-refractivity contribution is -0.0505. The van der Waals surface area contributed by atoms with Crippen molar-refractivity contribution in [2.24, 2.45) is 5.73 Å². The maximum atomic E-state index is 6.03. The van der Waals surface area contributed by atoms with Crippen LogP contribution < -0.4 is 5.73 Å². The number of aryl methyl sites for hydroxylation is 1. The number of nitrogens with two attached hydrogens (primary N) is 1. The largest absolute Gasteiger partial charge is 0.350 e. The molecule has 1 aliphatic heterocycles. The van der Waals surface area contributed by atoms with Crippen LogP contribution in [0, 0.1) is 0 Å². The molecule has 1 unspecified atom stereocenters. The van der Waals surface area contributed by atoms with Crippen LogP contribution >= 0.6 is 0 Å². The first kappa shape index (κ1) is 11.5. The van der Waals surface area contributed by atoms with Crippen molar-refractivity contribution in [3.63, 3.8) is 0 Å². The Balaban J connectivity index is 1.84. The van der Waals surface area contributed by atoms with Crippen molar-refractivity contribution in [3.05, 3.63) is 12.2 Å². The molecule has 0 aromatic carbocycles. The van der Waals surface area contributed by atoms with Gasteiger partial charge in [0.25, 0.3) is 0 Å². The van der Waals surface area contributed by atoms with Gasteiger partial charge in [-0.1, -0.05) is 0 Å². The van der Waals surface area contributed by atoms with Crippen LogP contribution in [0.3, 0.4) is 0 Å². The van der Waals surface area contributed by atoms with E-state index in [0.29, 0.717) is 26.1 Å². The highest BCUT2D eigenvalue weighted by Crippen LogP contribution is 2.11. The van der Waals surface area contributed by atoms with Gasteiger partial charge in [0.15, 0.2) is 6.29 Å². The highest BCUT2D eigenvalue weighted by atomic mass is 16.7. The van der Waals surface area contributed by atoms with Crippen molar-refractivity contribution in [2.45, 2.75) is 38.6 Å². The summed E-state index contributed by atoms with van der Waals surface area (Å²) in [6.07, 6.45) is 2.83. The predicted molar refractivity (Wildman–Crippen MR) is 57.7 cm³/mol. The molecule has 1 aromatic heterocycles. The molecular weight excluding hydrogens is 208 g/mol. The van der Waals surface area contributed by atoms with Crippen molar-refractivity contribution >= 4 is 0 Å². The Bertz CT molecular complexity index is 322. The van der Waals surface area contributed by atoms with Gasteiger partial charge in [-0.2, -0.15) is 5.10 Å². The van der Waals surface area contributed by atoms with Crippen LogP contribution in [0.2, 0.25) is 0 Å². The number of hydrogen-bond donors (Lipinski definition) is 1. The van der Waals surface area contributed by atoms with Crippen molar-refractivity contribution in [1.82, 2.24) is 14.8 Å². The molecule has 0 aliphatic carbocycles. The fourth-order valence-corrected chi connectivity index (χ4v) is 1.82. The molecule has 2 N–H and O–H groups in total. The summed E-state index contributed by atoms with van der Waals surface area (Å²) >= 11 is 0. The van der Waals surface area contributed by atoms with Crippen molar-refractivity contribution in [2.75, 3.05) is 13.2 Å². The smallest absolute Gasteiger partial charge is 0.159 e. The average Bonchev–Trinajstić information content (AvgIpc) is 2.88. The maximum Gasteiger partial charge on any atom is 0.159 e. The molecule has 6 nitrogen and oxygen atoms in total. The van der Waals surface area contributed by atoms with E-state index < -0.39 is 0 Å². The summed E-state index contributed by atoms with van der Waals surface area (Å²) in [5, 5.41) is 4.11. The maximum absolute atomic E-state index is 6.03. The monoisotopic (exact) mass is 226 g/mol. The molecule has 0 bridgehead atoms. The summed E-state index contributed by atoms with van der Waals surface area (Å²) in [5.41, 5.74) is 6.03. The summed E-state index contributed by atoms with van der Waals surface area (Å²) < 4.78 is 12.6. The molecule has 1 aliphatic rings. The van der Waals surface area contributed by atoms with Gasteiger partial charge in [0.2, 0.25) is 0 Å². The topological polar surface area (TPSA) is 75.2 Å².